The average Bonchev–Trinajstić information content (AvgIpc) is 2.76. The zero-order valence-corrected chi connectivity index (χ0v) is 10.2. The third-order valence-electron chi connectivity index (χ3n) is 3.53. The highest BCUT2D eigenvalue weighted by Gasteiger charge is 2.59. The molecule has 1 saturated heterocycles. The van der Waals surface area contributed by atoms with Crippen molar-refractivity contribution in [3.8, 4) is 0 Å². The summed E-state index contributed by atoms with van der Waals surface area (Å²) in [6.07, 6.45) is 1.89. The van der Waals surface area contributed by atoms with Gasteiger partial charge in [0.2, 0.25) is 0 Å². The minimum atomic E-state index is 0.0928. The first-order valence-electron chi connectivity index (χ1n) is 5.49. The molecule has 0 aliphatic carbocycles. The van der Waals surface area contributed by atoms with Gasteiger partial charge in [0.1, 0.15) is 10.5 Å². The number of para-hydroxylation sites is 1. The molecule has 0 saturated carbocycles. The van der Waals surface area contributed by atoms with E-state index in [1.807, 2.05) is 6.20 Å². The normalized spacial score (nSPS) is 28.1. The van der Waals surface area contributed by atoms with Crippen molar-refractivity contribution in [1.82, 2.24) is 4.98 Å². The van der Waals surface area contributed by atoms with E-state index in [0.29, 0.717) is 6.04 Å². The molecule has 2 unspecified atom stereocenters. The van der Waals surface area contributed by atoms with Crippen molar-refractivity contribution >= 4 is 17.0 Å². The lowest BCUT2D eigenvalue weighted by Crippen LogP contribution is -2.10. The summed E-state index contributed by atoms with van der Waals surface area (Å²) >= 11 is 1.74. The van der Waals surface area contributed by atoms with Gasteiger partial charge in [-0.25, -0.2) is 4.98 Å². The summed E-state index contributed by atoms with van der Waals surface area (Å²) in [6.45, 7) is 4.53. The monoisotopic (exact) mass is 230 g/mol. The van der Waals surface area contributed by atoms with Crippen molar-refractivity contribution < 1.29 is 0 Å². The Balaban J connectivity index is 1.97. The quantitative estimate of drug-likeness (QED) is 0.736. The zero-order valence-electron chi connectivity index (χ0n) is 9.42. The summed E-state index contributed by atoms with van der Waals surface area (Å²) in [7, 11) is 0. The molecule has 3 rings (SSSR count). The van der Waals surface area contributed by atoms with Gasteiger partial charge in [-0.1, -0.05) is 18.2 Å². The molecular weight excluding hydrogens is 216 g/mol. The van der Waals surface area contributed by atoms with Crippen LogP contribution in [0, 0.1) is 0 Å². The Morgan fingerprint density at radius 2 is 2.06 bits per heavy atom. The van der Waals surface area contributed by atoms with Crippen LogP contribution in [-0.2, 0) is 5.54 Å². The van der Waals surface area contributed by atoms with E-state index in [0.717, 1.165) is 0 Å². The maximum absolute atomic E-state index is 4.45. The number of thiazole rings is 1. The summed E-state index contributed by atoms with van der Waals surface area (Å²) in [5.41, 5.74) is 1.38. The highest BCUT2D eigenvalue weighted by molar-refractivity contribution is 7.09. The van der Waals surface area contributed by atoms with Crippen LogP contribution in [0.3, 0.4) is 0 Å². The zero-order chi connectivity index (χ0) is 11.2. The molecule has 1 aromatic carbocycles. The third-order valence-corrected chi connectivity index (χ3v) is 4.53. The van der Waals surface area contributed by atoms with Crippen molar-refractivity contribution in [2.24, 2.45) is 0 Å². The Bertz CT molecular complexity index is 480. The van der Waals surface area contributed by atoms with E-state index in [9.17, 15) is 0 Å². The Morgan fingerprint density at radius 3 is 2.69 bits per heavy atom. The Kier molecular flexibility index (Phi) is 2.04. The highest BCUT2D eigenvalue weighted by atomic mass is 32.1. The van der Waals surface area contributed by atoms with Gasteiger partial charge in [0.05, 0.1) is 6.04 Å². The van der Waals surface area contributed by atoms with Crippen molar-refractivity contribution in [1.29, 1.82) is 0 Å². The van der Waals surface area contributed by atoms with Crippen LogP contribution in [0.2, 0.25) is 0 Å². The van der Waals surface area contributed by atoms with Gasteiger partial charge in [0.15, 0.2) is 0 Å². The summed E-state index contributed by atoms with van der Waals surface area (Å²) in [5.74, 6) is 0. The fourth-order valence-electron chi connectivity index (χ4n) is 2.39. The summed E-state index contributed by atoms with van der Waals surface area (Å²) in [4.78, 5) is 6.88. The van der Waals surface area contributed by atoms with Gasteiger partial charge in [-0.05, 0) is 26.0 Å². The number of aromatic nitrogens is 1. The van der Waals surface area contributed by atoms with Crippen molar-refractivity contribution in [2.45, 2.75) is 25.4 Å². The van der Waals surface area contributed by atoms with E-state index in [2.05, 4.69) is 59.4 Å². The lowest BCUT2D eigenvalue weighted by atomic mass is 10.1. The Hall–Kier alpha value is -1.35. The minimum Gasteiger partial charge on any atom is -0.352 e. The smallest absolute Gasteiger partial charge is 0.120 e. The first-order chi connectivity index (χ1) is 7.74. The molecule has 0 spiro atoms. The van der Waals surface area contributed by atoms with Crippen molar-refractivity contribution in [3.05, 3.63) is 46.9 Å². The maximum atomic E-state index is 4.45. The van der Waals surface area contributed by atoms with Gasteiger partial charge < -0.3 is 4.90 Å². The van der Waals surface area contributed by atoms with Crippen molar-refractivity contribution in [2.75, 3.05) is 4.90 Å². The molecule has 1 fully saturated rings. The fraction of sp³-hybridized carbons (Fsp3) is 0.308. The number of rotatable bonds is 2. The number of nitrogens with zero attached hydrogens (tertiary/aromatic N) is 2. The molecule has 16 heavy (non-hydrogen) atoms. The number of benzene rings is 1. The molecular formula is C13H14N2S. The van der Waals surface area contributed by atoms with E-state index >= 15 is 0 Å². The number of anilines is 1. The predicted molar refractivity (Wildman–Crippen MR) is 67.8 cm³/mol. The second-order valence-corrected chi connectivity index (χ2v) is 5.26. The molecule has 0 amide bonds. The van der Waals surface area contributed by atoms with Gasteiger partial charge in [0.25, 0.3) is 0 Å². The lowest BCUT2D eigenvalue weighted by molar-refractivity contribution is 0.743. The van der Waals surface area contributed by atoms with Crippen LogP contribution < -0.4 is 4.90 Å². The SMILES string of the molecule is CC1N(c2ccccc2)C1(C)c1nccs1. The molecule has 1 aromatic heterocycles. The molecule has 2 nitrogen and oxygen atoms in total. The molecule has 3 heteroatoms. The van der Waals surface area contributed by atoms with Crippen molar-refractivity contribution in [3.63, 3.8) is 0 Å². The largest absolute Gasteiger partial charge is 0.352 e. The van der Waals surface area contributed by atoms with Gasteiger partial charge in [0, 0.05) is 17.3 Å². The fourth-order valence-corrected chi connectivity index (χ4v) is 3.27. The third kappa shape index (κ3) is 1.21. The van der Waals surface area contributed by atoms with Crippen LogP contribution in [0.25, 0.3) is 0 Å². The van der Waals surface area contributed by atoms with Gasteiger partial charge in [-0.2, -0.15) is 0 Å². The molecule has 0 radical (unpaired) electrons. The topological polar surface area (TPSA) is 15.9 Å². The Labute approximate surface area is 99.6 Å². The van der Waals surface area contributed by atoms with E-state index in [1.165, 1.54) is 10.7 Å². The molecule has 1 aliphatic heterocycles. The molecule has 0 bridgehead atoms. The van der Waals surface area contributed by atoms with Crippen LogP contribution in [0.1, 0.15) is 18.9 Å². The Morgan fingerprint density at radius 1 is 1.31 bits per heavy atom. The second kappa shape index (κ2) is 3.32. The summed E-state index contributed by atoms with van der Waals surface area (Å²) in [6, 6.07) is 11.1. The highest BCUT2D eigenvalue weighted by Crippen LogP contribution is 2.52. The summed E-state index contributed by atoms with van der Waals surface area (Å²) in [5, 5.41) is 3.26. The van der Waals surface area contributed by atoms with Crippen LogP contribution in [0.5, 0.6) is 0 Å². The van der Waals surface area contributed by atoms with Crippen LogP contribution in [-0.4, -0.2) is 11.0 Å². The van der Waals surface area contributed by atoms with Gasteiger partial charge in [-0.3, -0.25) is 0 Å². The van der Waals surface area contributed by atoms with E-state index in [4.69, 9.17) is 0 Å². The summed E-state index contributed by atoms with van der Waals surface area (Å²) < 4.78 is 0. The van der Waals surface area contributed by atoms with Crippen LogP contribution >= 0.6 is 11.3 Å². The minimum absolute atomic E-state index is 0.0928. The molecule has 2 heterocycles. The first-order valence-corrected chi connectivity index (χ1v) is 6.37. The van der Waals surface area contributed by atoms with Gasteiger partial charge >= 0.3 is 0 Å². The standard InChI is InChI=1S/C13H14N2S/c1-10-13(2,12-14-8-9-16-12)15(10)11-6-4-3-5-7-11/h3-10H,1-2H3. The molecule has 2 aromatic rings. The van der Waals surface area contributed by atoms with E-state index in [-0.39, 0.29) is 5.54 Å². The molecule has 82 valence electrons. The molecule has 1 aliphatic rings. The maximum Gasteiger partial charge on any atom is 0.120 e. The van der Waals surface area contributed by atoms with E-state index < -0.39 is 0 Å². The predicted octanol–water partition coefficient (Wildman–Crippen LogP) is 3.27. The number of hydrogen-bond donors (Lipinski definition) is 0. The van der Waals surface area contributed by atoms with Gasteiger partial charge in [-0.15, -0.1) is 11.3 Å². The molecule has 2 atom stereocenters. The number of hydrogen-bond acceptors (Lipinski definition) is 3. The molecule has 0 N–H and O–H groups in total. The first kappa shape index (κ1) is 9.85. The van der Waals surface area contributed by atoms with E-state index in [1.54, 1.807) is 11.3 Å². The lowest BCUT2D eigenvalue weighted by Gasteiger charge is -2.10. The van der Waals surface area contributed by atoms with Crippen LogP contribution in [0.15, 0.2) is 41.9 Å². The second-order valence-electron chi connectivity index (χ2n) is 4.37. The van der Waals surface area contributed by atoms with Crippen LogP contribution in [0.4, 0.5) is 5.69 Å². The average molecular weight is 230 g/mol.